The van der Waals surface area contributed by atoms with E-state index in [9.17, 15) is 9.90 Å². The van der Waals surface area contributed by atoms with E-state index in [-0.39, 0.29) is 17.9 Å². The standard InChI is InChI=1S/C32H40N2O4/c1-21-17-26(13-16-31(21)37-3)24-9-7-23(8-10-24)20-34(32(36)25-11-14-29(35)15-12-25)28-6-4-5-27(19-28)30-18-22(2)38-33-30/h4-6,13,16-19,23-25,29,35H,7-12,14-15,20H2,1-3H3. The zero-order valence-electron chi connectivity index (χ0n) is 22.9. The first-order valence-corrected chi connectivity index (χ1v) is 14.1. The third kappa shape index (κ3) is 5.96. The number of aromatic nitrogens is 1. The number of carbonyl (C=O) groups is 1. The zero-order chi connectivity index (χ0) is 26.6. The molecule has 2 saturated carbocycles. The smallest absolute Gasteiger partial charge is 0.230 e. The maximum atomic E-state index is 13.9. The number of aliphatic hydroxyl groups excluding tert-OH is 1. The van der Waals surface area contributed by atoms with Crippen LogP contribution in [0.1, 0.15) is 74.2 Å². The lowest BCUT2D eigenvalue weighted by Crippen LogP contribution is -2.41. The maximum Gasteiger partial charge on any atom is 0.230 e. The third-order valence-corrected chi connectivity index (χ3v) is 8.57. The van der Waals surface area contributed by atoms with Crippen molar-refractivity contribution < 1.29 is 19.2 Å². The number of benzene rings is 2. The first-order valence-electron chi connectivity index (χ1n) is 14.1. The zero-order valence-corrected chi connectivity index (χ0v) is 22.9. The molecule has 0 bridgehead atoms. The number of amides is 1. The summed E-state index contributed by atoms with van der Waals surface area (Å²) in [6, 6.07) is 16.6. The molecule has 1 aromatic heterocycles. The highest BCUT2D eigenvalue weighted by Crippen LogP contribution is 2.39. The monoisotopic (exact) mass is 516 g/mol. The fourth-order valence-electron chi connectivity index (χ4n) is 6.29. The van der Waals surface area contributed by atoms with Gasteiger partial charge in [-0.2, -0.15) is 0 Å². The minimum Gasteiger partial charge on any atom is -0.496 e. The number of hydrogen-bond donors (Lipinski definition) is 1. The molecule has 0 spiro atoms. The van der Waals surface area contributed by atoms with Gasteiger partial charge in [0.15, 0.2) is 0 Å². The number of nitrogens with zero attached hydrogens (tertiary/aromatic N) is 2. The third-order valence-electron chi connectivity index (χ3n) is 8.57. The number of methoxy groups -OCH3 is 1. The van der Waals surface area contributed by atoms with Crippen LogP contribution in [0.4, 0.5) is 5.69 Å². The summed E-state index contributed by atoms with van der Waals surface area (Å²) in [4.78, 5) is 15.9. The van der Waals surface area contributed by atoms with Crippen molar-refractivity contribution in [2.45, 2.75) is 77.2 Å². The summed E-state index contributed by atoms with van der Waals surface area (Å²) in [7, 11) is 1.72. The van der Waals surface area contributed by atoms with Crippen LogP contribution >= 0.6 is 0 Å². The highest BCUT2D eigenvalue weighted by Gasteiger charge is 2.32. The van der Waals surface area contributed by atoms with Crippen LogP contribution in [0.15, 0.2) is 53.1 Å². The van der Waals surface area contributed by atoms with E-state index >= 15 is 0 Å². The Labute approximate surface area is 226 Å². The summed E-state index contributed by atoms with van der Waals surface area (Å²) >= 11 is 0. The van der Waals surface area contributed by atoms with Crippen LogP contribution < -0.4 is 9.64 Å². The molecule has 2 aliphatic carbocycles. The largest absolute Gasteiger partial charge is 0.496 e. The van der Waals surface area contributed by atoms with Gasteiger partial charge in [0.05, 0.1) is 13.2 Å². The van der Waals surface area contributed by atoms with Crippen molar-refractivity contribution >= 4 is 11.6 Å². The van der Waals surface area contributed by atoms with E-state index < -0.39 is 0 Å². The van der Waals surface area contributed by atoms with Crippen LogP contribution in [0.25, 0.3) is 11.3 Å². The molecule has 1 amide bonds. The molecule has 2 aliphatic rings. The number of carbonyl (C=O) groups excluding carboxylic acids is 1. The molecule has 0 aliphatic heterocycles. The second-order valence-corrected chi connectivity index (χ2v) is 11.3. The van der Waals surface area contributed by atoms with E-state index in [1.807, 2.05) is 36.1 Å². The maximum absolute atomic E-state index is 13.9. The van der Waals surface area contributed by atoms with Gasteiger partial charge in [-0.15, -0.1) is 0 Å². The summed E-state index contributed by atoms with van der Waals surface area (Å²) in [5, 5.41) is 14.2. The van der Waals surface area contributed by atoms with Crippen LogP contribution in [0.5, 0.6) is 5.75 Å². The van der Waals surface area contributed by atoms with Crippen LogP contribution in [0.3, 0.4) is 0 Å². The van der Waals surface area contributed by atoms with Crippen molar-refractivity contribution in [1.29, 1.82) is 0 Å². The van der Waals surface area contributed by atoms with E-state index in [0.29, 0.717) is 24.7 Å². The molecule has 202 valence electrons. The summed E-state index contributed by atoms with van der Waals surface area (Å²) in [5.41, 5.74) is 5.24. The molecule has 0 atom stereocenters. The lowest BCUT2D eigenvalue weighted by atomic mass is 9.78. The molecular weight excluding hydrogens is 476 g/mol. The fourth-order valence-corrected chi connectivity index (χ4v) is 6.29. The molecule has 2 fully saturated rings. The Morgan fingerprint density at radius 2 is 1.76 bits per heavy atom. The highest BCUT2D eigenvalue weighted by molar-refractivity contribution is 5.95. The highest BCUT2D eigenvalue weighted by atomic mass is 16.5. The lowest BCUT2D eigenvalue weighted by molar-refractivity contribution is -0.124. The molecule has 6 nitrogen and oxygen atoms in total. The van der Waals surface area contributed by atoms with Gasteiger partial charge in [-0.05, 0) is 106 Å². The number of hydrogen-bond acceptors (Lipinski definition) is 5. The number of aliphatic hydroxyl groups is 1. The van der Waals surface area contributed by atoms with Gasteiger partial charge in [-0.25, -0.2) is 0 Å². The van der Waals surface area contributed by atoms with Crippen LogP contribution in [-0.4, -0.2) is 35.9 Å². The first kappa shape index (κ1) is 26.5. The molecule has 0 saturated heterocycles. The topological polar surface area (TPSA) is 75.8 Å². The molecule has 0 radical (unpaired) electrons. The second-order valence-electron chi connectivity index (χ2n) is 11.3. The molecular formula is C32H40N2O4. The van der Waals surface area contributed by atoms with Gasteiger partial charge in [0.2, 0.25) is 5.91 Å². The molecule has 1 N–H and O–H groups in total. The summed E-state index contributed by atoms with van der Waals surface area (Å²) in [6.07, 6.45) is 7.10. The van der Waals surface area contributed by atoms with Gasteiger partial charge in [0, 0.05) is 29.8 Å². The summed E-state index contributed by atoms with van der Waals surface area (Å²) in [5.74, 6) is 2.88. The Hall–Kier alpha value is -3.12. The molecule has 6 heteroatoms. The average molecular weight is 517 g/mol. The first-order chi connectivity index (χ1) is 18.4. The van der Waals surface area contributed by atoms with Crippen molar-refractivity contribution in [3.63, 3.8) is 0 Å². The lowest BCUT2D eigenvalue weighted by Gasteiger charge is -2.36. The van der Waals surface area contributed by atoms with Gasteiger partial charge in [-0.3, -0.25) is 4.79 Å². The Morgan fingerprint density at radius 1 is 1.00 bits per heavy atom. The Bertz CT molecular complexity index is 1240. The number of anilines is 1. The van der Waals surface area contributed by atoms with E-state index in [4.69, 9.17) is 9.26 Å². The van der Waals surface area contributed by atoms with Gasteiger partial charge in [0.25, 0.3) is 0 Å². The molecule has 38 heavy (non-hydrogen) atoms. The van der Waals surface area contributed by atoms with Crippen molar-refractivity contribution in [2.75, 3.05) is 18.6 Å². The number of ether oxygens (including phenoxy) is 1. The predicted molar refractivity (Wildman–Crippen MR) is 149 cm³/mol. The fraction of sp³-hybridized carbons (Fsp3) is 0.500. The summed E-state index contributed by atoms with van der Waals surface area (Å²) < 4.78 is 10.7. The van der Waals surface area contributed by atoms with E-state index in [1.54, 1.807) is 7.11 Å². The Morgan fingerprint density at radius 3 is 2.42 bits per heavy atom. The Balaban J connectivity index is 1.32. The minimum absolute atomic E-state index is 0.0324. The van der Waals surface area contributed by atoms with Crippen molar-refractivity contribution in [3.05, 3.63) is 65.4 Å². The normalized spacial score (nSPS) is 23.7. The van der Waals surface area contributed by atoms with Crippen LogP contribution in [0, 0.1) is 25.7 Å². The van der Waals surface area contributed by atoms with Crippen molar-refractivity contribution in [1.82, 2.24) is 5.16 Å². The average Bonchev–Trinajstić information content (AvgIpc) is 3.38. The molecule has 2 aromatic carbocycles. The molecule has 1 heterocycles. The van der Waals surface area contributed by atoms with Crippen LogP contribution in [-0.2, 0) is 4.79 Å². The van der Waals surface area contributed by atoms with Gasteiger partial charge < -0.3 is 19.3 Å². The van der Waals surface area contributed by atoms with E-state index in [0.717, 1.165) is 73.5 Å². The van der Waals surface area contributed by atoms with Crippen molar-refractivity contribution in [3.8, 4) is 17.0 Å². The van der Waals surface area contributed by atoms with Gasteiger partial charge >= 0.3 is 0 Å². The molecule has 3 aromatic rings. The molecule has 5 rings (SSSR count). The van der Waals surface area contributed by atoms with Gasteiger partial charge in [0.1, 0.15) is 17.2 Å². The second kappa shape index (κ2) is 11.7. The quantitative estimate of drug-likeness (QED) is 0.373. The minimum atomic E-state index is -0.275. The summed E-state index contributed by atoms with van der Waals surface area (Å²) in [6.45, 7) is 4.72. The predicted octanol–water partition coefficient (Wildman–Crippen LogP) is 6.83. The molecule has 0 unspecified atom stereocenters. The van der Waals surface area contributed by atoms with E-state index in [2.05, 4.69) is 36.3 Å². The number of aryl methyl sites for hydroxylation is 2. The van der Waals surface area contributed by atoms with E-state index in [1.165, 1.54) is 11.1 Å². The SMILES string of the molecule is COc1ccc(C2CCC(CN(C(=O)C3CCC(O)CC3)c3cccc(-c4cc(C)on4)c3)CC2)cc1C. The number of rotatable bonds is 7. The van der Waals surface area contributed by atoms with Crippen molar-refractivity contribution in [2.24, 2.45) is 11.8 Å². The van der Waals surface area contributed by atoms with Gasteiger partial charge in [-0.1, -0.05) is 29.4 Å². The van der Waals surface area contributed by atoms with Crippen LogP contribution in [0.2, 0.25) is 0 Å². The Kier molecular flexibility index (Phi) is 8.18.